The van der Waals surface area contributed by atoms with Crippen molar-refractivity contribution in [2.75, 3.05) is 13.1 Å². The lowest BCUT2D eigenvalue weighted by atomic mass is 9.95. The maximum Gasteiger partial charge on any atom is 0.222 e. The Morgan fingerprint density at radius 2 is 2.00 bits per heavy atom. The lowest BCUT2D eigenvalue weighted by molar-refractivity contribution is -0.125. The van der Waals surface area contributed by atoms with Crippen molar-refractivity contribution >= 4 is 5.91 Å². The van der Waals surface area contributed by atoms with E-state index >= 15 is 0 Å². The Hall–Kier alpha value is -1.42. The Labute approximate surface area is 126 Å². The van der Waals surface area contributed by atoms with E-state index in [1.165, 1.54) is 12.1 Å². The molecule has 0 aromatic heterocycles. The summed E-state index contributed by atoms with van der Waals surface area (Å²) in [6.07, 6.45) is 1.03. The molecule has 116 valence electrons. The number of hydrogen-bond acceptors (Lipinski definition) is 2. The van der Waals surface area contributed by atoms with Gasteiger partial charge in [-0.3, -0.25) is 9.69 Å². The van der Waals surface area contributed by atoms with Gasteiger partial charge in [0.2, 0.25) is 5.91 Å². The van der Waals surface area contributed by atoms with Crippen molar-refractivity contribution in [3.05, 3.63) is 35.6 Å². The number of rotatable bonds is 4. The Balaban J connectivity index is 1.94. The summed E-state index contributed by atoms with van der Waals surface area (Å²) in [7, 11) is 0. The van der Waals surface area contributed by atoms with Gasteiger partial charge < -0.3 is 5.32 Å². The zero-order chi connectivity index (χ0) is 15.4. The quantitative estimate of drug-likeness (QED) is 0.925. The van der Waals surface area contributed by atoms with Crippen LogP contribution < -0.4 is 5.32 Å². The molecule has 2 unspecified atom stereocenters. The average Bonchev–Trinajstić information content (AvgIpc) is 2.40. The summed E-state index contributed by atoms with van der Waals surface area (Å²) in [6.45, 7) is 8.73. The summed E-state index contributed by atoms with van der Waals surface area (Å²) in [5.74, 6) is 0.494. The molecular formula is C17H25FN2O. The van der Waals surface area contributed by atoms with Gasteiger partial charge in [-0.2, -0.15) is 0 Å². The van der Waals surface area contributed by atoms with Gasteiger partial charge in [0.05, 0.1) is 0 Å². The molecule has 0 spiro atoms. The van der Waals surface area contributed by atoms with Crippen molar-refractivity contribution in [3.8, 4) is 0 Å². The van der Waals surface area contributed by atoms with Crippen LogP contribution in [0, 0.1) is 17.7 Å². The third-order valence-corrected chi connectivity index (χ3v) is 3.93. The Bertz CT molecular complexity index is 472. The average molecular weight is 292 g/mol. The van der Waals surface area contributed by atoms with Crippen LogP contribution in [0.25, 0.3) is 0 Å². The second-order valence-corrected chi connectivity index (χ2v) is 6.52. The summed E-state index contributed by atoms with van der Waals surface area (Å²) in [5.41, 5.74) is 1.11. The fraction of sp³-hybridized carbons (Fsp3) is 0.588. The molecule has 1 amide bonds. The van der Waals surface area contributed by atoms with Crippen LogP contribution in [0.3, 0.4) is 0 Å². The van der Waals surface area contributed by atoms with E-state index in [0.717, 1.165) is 31.6 Å². The van der Waals surface area contributed by atoms with Crippen LogP contribution in [0.4, 0.5) is 4.39 Å². The minimum Gasteiger partial charge on any atom is -0.352 e. The molecule has 4 heteroatoms. The third kappa shape index (κ3) is 4.81. The fourth-order valence-electron chi connectivity index (χ4n) is 2.91. The van der Waals surface area contributed by atoms with Crippen molar-refractivity contribution < 1.29 is 9.18 Å². The molecule has 1 heterocycles. The molecule has 1 N–H and O–H groups in total. The largest absolute Gasteiger partial charge is 0.352 e. The van der Waals surface area contributed by atoms with E-state index in [4.69, 9.17) is 0 Å². The minimum atomic E-state index is -0.201. The summed E-state index contributed by atoms with van der Waals surface area (Å²) >= 11 is 0. The highest BCUT2D eigenvalue weighted by atomic mass is 19.1. The number of nitrogens with zero attached hydrogens (tertiary/aromatic N) is 1. The lowest BCUT2D eigenvalue weighted by Crippen LogP contribution is -2.50. The van der Waals surface area contributed by atoms with E-state index in [1.807, 2.05) is 26.0 Å². The van der Waals surface area contributed by atoms with Gasteiger partial charge in [0.15, 0.2) is 0 Å². The Morgan fingerprint density at radius 1 is 1.33 bits per heavy atom. The monoisotopic (exact) mass is 292 g/mol. The summed E-state index contributed by atoms with van der Waals surface area (Å²) in [4.78, 5) is 14.2. The number of nitrogens with one attached hydrogen (secondary N) is 1. The predicted octanol–water partition coefficient (Wildman–Crippen LogP) is 2.81. The highest BCUT2D eigenvalue weighted by Gasteiger charge is 2.26. The number of amides is 1. The molecule has 1 aliphatic rings. The third-order valence-electron chi connectivity index (χ3n) is 3.93. The van der Waals surface area contributed by atoms with Gasteiger partial charge in [0.1, 0.15) is 5.82 Å². The van der Waals surface area contributed by atoms with E-state index in [-0.39, 0.29) is 23.7 Å². The molecule has 2 rings (SSSR count). The van der Waals surface area contributed by atoms with Gasteiger partial charge >= 0.3 is 0 Å². The maximum absolute atomic E-state index is 12.9. The van der Waals surface area contributed by atoms with Crippen LogP contribution in [-0.2, 0) is 11.3 Å². The van der Waals surface area contributed by atoms with Gasteiger partial charge in [0.25, 0.3) is 0 Å². The van der Waals surface area contributed by atoms with Crippen molar-refractivity contribution in [2.45, 2.75) is 39.8 Å². The Kier molecular flexibility index (Phi) is 5.34. The standard InChI is InChI=1S/C17H25FN2O/c1-12(2)17(21)19-16-8-13(3)9-20(11-16)10-14-4-6-15(18)7-5-14/h4-7,12-13,16H,8-11H2,1-3H3,(H,19,21). The van der Waals surface area contributed by atoms with Gasteiger partial charge in [0, 0.05) is 31.6 Å². The number of halogens is 1. The number of piperidine rings is 1. The normalized spacial score (nSPS) is 23.3. The van der Waals surface area contributed by atoms with E-state index in [1.54, 1.807) is 0 Å². The van der Waals surface area contributed by atoms with Crippen LogP contribution in [0.1, 0.15) is 32.8 Å². The van der Waals surface area contributed by atoms with Crippen molar-refractivity contribution in [2.24, 2.45) is 11.8 Å². The zero-order valence-corrected chi connectivity index (χ0v) is 13.1. The molecule has 1 saturated heterocycles. The van der Waals surface area contributed by atoms with Crippen molar-refractivity contribution in [3.63, 3.8) is 0 Å². The molecule has 1 aromatic carbocycles. The summed E-state index contributed by atoms with van der Waals surface area (Å²) < 4.78 is 12.9. The molecule has 0 bridgehead atoms. The first-order chi connectivity index (χ1) is 9.94. The number of hydrogen-bond donors (Lipinski definition) is 1. The van der Waals surface area contributed by atoms with Crippen LogP contribution in [0.2, 0.25) is 0 Å². The number of benzene rings is 1. The molecule has 0 radical (unpaired) electrons. The van der Waals surface area contributed by atoms with Gasteiger partial charge in [-0.25, -0.2) is 4.39 Å². The van der Waals surface area contributed by atoms with Crippen molar-refractivity contribution in [1.29, 1.82) is 0 Å². The van der Waals surface area contributed by atoms with E-state index in [9.17, 15) is 9.18 Å². The molecule has 0 saturated carbocycles. The molecule has 1 aliphatic heterocycles. The van der Waals surface area contributed by atoms with Crippen LogP contribution in [0.15, 0.2) is 24.3 Å². The second kappa shape index (κ2) is 7.03. The Morgan fingerprint density at radius 3 is 2.62 bits per heavy atom. The molecule has 2 atom stereocenters. The van der Waals surface area contributed by atoms with Gasteiger partial charge in [-0.05, 0) is 30.0 Å². The van der Waals surface area contributed by atoms with Crippen LogP contribution in [-0.4, -0.2) is 29.9 Å². The second-order valence-electron chi connectivity index (χ2n) is 6.52. The number of carbonyl (C=O) groups is 1. The fourth-order valence-corrected chi connectivity index (χ4v) is 2.91. The first kappa shape index (κ1) is 16.0. The number of carbonyl (C=O) groups excluding carboxylic acids is 1. The van der Waals surface area contributed by atoms with Crippen LogP contribution in [0.5, 0.6) is 0 Å². The predicted molar refractivity (Wildman–Crippen MR) is 82.2 cm³/mol. The minimum absolute atomic E-state index is 0.0211. The first-order valence-corrected chi connectivity index (χ1v) is 7.71. The maximum atomic E-state index is 12.9. The highest BCUT2D eigenvalue weighted by Crippen LogP contribution is 2.19. The summed E-state index contributed by atoms with van der Waals surface area (Å²) in [5, 5.41) is 3.13. The van der Waals surface area contributed by atoms with Gasteiger partial charge in [-0.15, -0.1) is 0 Å². The van der Waals surface area contributed by atoms with Crippen LogP contribution >= 0.6 is 0 Å². The molecular weight excluding hydrogens is 267 g/mol. The molecule has 0 aliphatic carbocycles. The van der Waals surface area contributed by atoms with E-state index in [0.29, 0.717) is 5.92 Å². The number of likely N-dealkylation sites (tertiary alicyclic amines) is 1. The van der Waals surface area contributed by atoms with E-state index in [2.05, 4.69) is 17.1 Å². The smallest absolute Gasteiger partial charge is 0.222 e. The molecule has 3 nitrogen and oxygen atoms in total. The van der Waals surface area contributed by atoms with Crippen molar-refractivity contribution in [1.82, 2.24) is 10.2 Å². The first-order valence-electron chi connectivity index (χ1n) is 7.71. The highest BCUT2D eigenvalue weighted by molar-refractivity contribution is 5.78. The molecule has 1 fully saturated rings. The zero-order valence-electron chi connectivity index (χ0n) is 13.1. The lowest BCUT2D eigenvalue weighted by Gasteiger charge is -2.37. The topological polar surface area (TPSA) is 32.3 Å². The molecule has 1 aromatic rings. The SMILES string of the molecule is CC1CC(NC(=O)C(C)C)CN(Cc2ccc(F)cc2)C1. The summed E-state index contributed by atoms with van der Waals surface area (Å²) in [6, 6.07) is 6.87. The molecule has 21 heavy (non-hydrogen) atoms. The van der Waals surface area contributed by atoms with Gasteiger partial charge in [-0.1, -0.05) is 32.9 Å². The van der Waals surface area contributed by atoms with E-state index < -0.39 is 0 Å².